The molecule has 3 rings (SSSR count). The molecule has 5 heteroatoms. The van der Waals surface area contributed by atoms with Crippen molar-refractivity contribution in [3.63, 3.8) is 0 Å². The Hall–Kier alpha value is -1.07. The Morgan fingerprint density at radius 3 is 2.72 bits per heavy atom. The smallest absolute Gasteiger partial charge is 0.257 e. The van der Waals surface area contributed by atoms with Gasteiger partial charge in [-0.25, -0.2) is 0 Å². The third kappa shape index (κ3) is 1.91. The molecule has 3 heterocycles. The number of fused-ring (bicyclic) bond motifs is 1. The molecule has 1 saturated heterocycles. The van der Waals surface area contributed by atoms with E-state index in [2.05, 4.69) is 11.9 Å². The minimum atomic E-state index is 0.159. The fourth-order valence-electron chi connectivity index (χ4n) is 2.87. The van der Waals surface area contributed by atoms with Gasteiger partial charge in [0.25, 0.3) is 5.91 Å². The zero-order chi connectivity index (χ0) is 12.7. The van der Waals surface area contributed by atoms with Crippen LogP contribution in [-0.4, -0.2) is 42.4 Å². The van der Waals surface area contributed by atoms with Crippen LogP contribution in [0.5, 0.6) is 0 Å². The first-order chi connectivity index (χ1) is 8.66. The summed E-state index contributed by atoms with van der Waals surface area (Å²) in [5.74, 6) is 0.159. The summed E-state index contributed by atoms with van der Waals surface area (Å²) in [6, 6.07) is 0. The molecule has 1 fully saturated rings. The molecule has 0 atom stereocenters. The molecule has 1 aromatic rings. The van der Waals surface area contributed by atoms with Crippen molar-refractivity contribution in [2.75, 3.05) is 32.4 Å². The number of hydrogen-bond donors (Lipinski definition) is 1. The van der Waals surface area contributed by atoms with Crippen molar-refractivity contribution in [1.82, 2.24) is 9.80 Å². The summed E-state index contributed by atoms with van der Waals surface area (Å²) >= 11 is 1.60. The number of carbonyl (C=O) groups is 1. The molecule has 4 nitrogen and oxygen atoms in total. The van der Waals surface area contributed by atoms with E-state index in [0.29, 0.717) is 5.00 Å². The van der Waals surface area contributed by atoms with Gasteiger partial charge in [-0.15, -0.1) is 11.3 Å². The zero-order valence-electron chi connectivity index (χ0n) is 10.7. The van der Waals surface area contributed by atoms with Crippen LogP contribution in [-0.2, 0) is 13.0 Å². The quantitative estimate of drug-likeness (QED) is 0.838. The molecule has 0 spiro atoms. The summed E-state index contributed by atoms with van der Waals surface area (Å²) < 4.78 is 0. The Bertz CT molecular complexity index is 477. The van der Waals surface area contributed by atoms with E-state index in [-0.39, 0.29) is 5.91 Å². The fourth-order valence-corrected chi connectivity index (χ4v) is 4.06. The predicted molar refractivity (Wildman–Crippen MR) is 73.9 cm³/mol. The molecule has 2 N–H and O–H groups in total. The van der Waals surface area contributed by atoms with Crippen LogP contribution in [0.1, 0.15) is 33.6 Å². The molecule has 0 unspecified atom stereocenters. The van der Waals surface area contributed by atoms with Gasteiger partial charge < -0.3 is 15.5 Å². The third-order valence-corrected chi connectivity index (χ3v) is 4.93. The number of nitrogens with zero attached hydrogens (tertiary/aromatic N) is 2. The molecular weight excluding hydrogens is 246 g/mol. The maximum atomic E-state index is 12.5. The minimum Gasteiger partial charge on any atom is -0.390 e. The molecule has 0 aliphatic carbocycles. The van der Waals surface area contributed by atoms with E-state index in [1.807, 2.05) is 4.90 Å². The van der Waals surface area contributed by atoms with Gasteiger partial charge in [-0.3, -0.25) is 4.79 Å². The normalized spacial score (nSPS) is 20.2. The molecule has 0 saturated carbocycles. The highest BCUT2D eigenvalue weighted by Gasteiger charge is 2.29. The van der Waals surface area contributed by atoms with Gasteiger partial charge in [-0.1, -0.05) is 0 Å². The number of rotatable bonds is 1. The Kier molecular flexibility index (Phi) is 3.03. The maximum absolute atomic E-state index is 12.5. The Morgan fingerprint density at radius 1 is 1.28 bits per heavy atom. The van der Waals surface area contributed by atoms with Crippen molar-refractivity contribution >= 4 is 22.2 Å². The second-order valence-corrected chi connectivity index (χ2v) is 6.37. The Morgan fingerprint density at radius 2 is 2.00 bits per heavy atom. The predicted octanol–water partition coefficient (Wildman–Crippen LogP) is 1.55. The fraction of sp³-hybridized carbons (Fsp3) is 0.615. The first-order valence-electron chi connectivity index (χ1n) is 6.54. The lowest BCUT2D eigenvalue weighted by Crippen LogP contribution is -2.31. The minimum absolute atomic E-state index is 0.159. The van der Waals surface area contributed by atoms with E-state index in [1.165, 1.54) is 10.4 Å². The molecule has 2 aliphatic rings. The monoisotopic (exact) mass is 265 g/mol. The molecule has 1 aromatic heterocycles. The first kappa shape index (κ1) is 12.0. The van der Waals surface area contributed by atoms with Crippen LogP contribution in [0, 0.1) is 0 Å². The van der Waals surface area contributed by atoms with Crippen LogP contribution < -0.4 is 5.73 Å². The van der Waals surface area contributed by atoms with Crippen LogP contribution in [0.4, 0.5) is 5.00 Å². The first-order valence-corrected chi connectivity index (χ1v) is 7.36. The number of carbonyl (C=O) groups excluding carboxylic acids is 1. The van der Waals surface area contributed by atoms with E-state index < -0.39 is 0 Å². The van der Waals surface area contributed by atoms with Crippen molar-refractivity contribution in [2.24, 2.45) is 0 Å². The van der Waals surface area contributed by atoms with Crippen LogP contribution >= 0.6 is 11.3 Å². The van der Waals surface area contributed by atoms with Gasteiger partial charge in [-0.05, 0) is 31.9 Å². The highest BCUT2D eigenvalue weighted by Crippen LogP contribution is 2.35. The van der Waals surface area contributed by atoms with Crippen molar-refractivity contribution in [3.8, 4) is 0 Å². The second-order valence-electron chi connectivity index (χ2n) is 5.23. The third-order valence-electron chi connectivity index (χ3n) is 3.88. The molecule has 0 bridgehead atoms. The highest BCUT2D eigenvalue weighted by atomic mass is 32.1. The summed E-state index contributed by atoms with van der Waals surface area (Å²) in [5.41, 5.74) is 8.11. The van der Waals surface area contributed by atoms with E-state index >= 15 is 0 Å². The largest absolute Gasteiger partial charge is 0.390 e. The number of thiophene rings is 1. The molecule has 0 aromatic carbocycles. The van der Waals surface area contributed by atoms with E-state index in [0.717, 1.165) is 51.0 Å². The summed E-state index contributed by atoms with van der Waals surface area (Å²) in [4.78, 5) is 18.0. The van der Waals surface area contributed by atoms with Crippen molar-refractivity contribution < 1.29 is 4.79 Å². The Balaban J connectivity index is 1.94. The van der Waals surface area contributed by atoms with E-state index in [9.17, 15) is 4.79 Å². The number of nitrogen functional groups attached to an aromatic ring is 1. The van der Waals surface area contributed by atoms with Crippen molar-refractivity contribution in [3.05, 3.63) is 16.0 Å². The average molecular weight is 265 g/mol. The van der Waals surface area contributed by atoms with Gasteiger partial charge in [0.2, 0.25) is 0 Å². The number of likely N-dealkylation sites (tertiary alicyclic amines) is 1. The second kappa shape index (κ2) is 4.55. The van der Waals surface area contributed by atoms with Gasteiger partial charge in [0.15, 0.2) is 0 Å². The molecule has 2 aliphatic heterocycles. The SMILES string of the molecule is CN1CCc2c(sc(N)c2C(=O)N2CCCC2)C1. The molecule has 0 radical (unpaired) electrons. The zero-order valence-corrected chi connectivity index (χ0v) is 11.6. The number of anilines is 1. The van der Waals surface area contributed by atoms with Crippen LogP contribution in [0.2, 0.25) is 0 Å². The van der Waals surface area contributed by atoms with Crippen LogP contribution in [0.3, 0.4) is 0 Å². The van der Waals surface area contributed by atoms with Crippen molar-refractivity contribution in [1.29, 1.82) is 0 Å². The van der Waals surface area contributed by atoms with Gasteiger partial charge in [0, 0.05) is 31.1 Å². The maximum Gasteiger partial charge on any atom is 0.257 e. The number of nitrogens with two attached hydrogens (primary N) is 1. The van der Waals surface area contributed by atoms with Crippen LogP contribution in [0.25, 0.3) is 0 Å². The van der Waals surface area contributed by atoms with Crippen LogP contribution in [0.15, 0.2) is 0 Å². The lowest BCUT2D eigenvalue weighted by atomic mass is 10.0. The molecular formula is C13H19N3OS. The highest BCUT2D eigenvalue weighted by molar-refractivity contribution is 7.16. The van der Waals surface area contributed by atoms with E-state index in [4.69, 9.17) is 5.73 Å². The lowest BCUT2D eigenvalue weighted by Gasteiger charge is -2.23. The van der Waals surface area contributed by atoms with Crippen molar-refractivity contribution in [2.45, 2.75) is 25.8 Å². The van der Waals surface area contributed by atoms with Gasteiger partial charge in [0.1, 0.15) is 0 Å². The summed E-state index contributed by atoms with van der Waals surface area (Å²) in [6.45, 7) is 3.73. The average Bonchev–Trinajstić information content (AvgIpc) is 2.94. The Labute approximate surface area is 111 Å². The summed E-state index contributed by atoms with van der Waals surface area (Å²) in [5, 5.41) is 0.715. The number of amides is 1. The summed E-state index contributed by atoms with van der Waals surface area (Å²) in [6.07, 6.45) is 3.20. The van der Waals surface area contributed by atoms with Gasteiger partial charge in [-0.2, -0.15) is 0 Å². The standard InChI is InChI=1S/C13H19N3OS/c1-15-7-4-9-10(8-15)18-12(14)11(9)13(17)16-5-2-3-6-16/h2-8,14H2,1H3. The topological polar surface area (TPSA) is 49.6 Å². The van der Waals surface area contributed by atoms with Gasteiger partial charge in [0.05, 0.1) is 10.6 Å². The molecule has 1 amide bonds. The van der Waals surface area contributed by atoms with E-state index in [1.54, 1.807) is 11.3 Å². The molecule has 98 valence electrons. The molecule has 18 heavy (non-hydrogen) atoms. The lowest BCUT2D eigenvalue weighted by molar-refractivity contribution is 0.0792. The summed E-state index contributed by atoms with van der Waals surface area (Å²) in [7, 11) is 2.11. The van der Waals surface area contributed by atoms with Gasteiger partial charge >= 0.3 is 0 Å². The number of hydrogen-bond acceptors (Lipinski definition) is 4. The number of likely N-dealkylation sites (N-methyl/N-ethyl adjacent to an activating group) is 1.